The van der Waals surface area contributed by atoms with Crippen LogP contribution in [0.5, 0.6) is 0 Å². The van der Waals surface area contributed by atoms with Gasteiger partial charge in [-0.3, -0.25) is 10.1 Å². The molecule has 0 saturated heterocycles. The van der Waals surface area contributed by atoms with E-state index in [-0.39, 0.29) is 11.8 Å². The molecule has 0 heterocycles. The summed E-state index contributed by atoms with van der Waals surface area (Å²) in [5.41, 5.74) is 0.151. The highest BCUT2D eigenvalue weighted by molar-refractivity contribution is 5.18. The topological polar surface area (TPSA) is 52.4 Å². The van der Waals surface area contributed by atoms with Crippen LogP contribution in [0, 0.1) is 10.1 Å². The van der Waals surface area contributed by atoms with E-state index in [2.05, 4.69) is 0 Å². The predicted octanol–water partition coefficient (Wildman–Crippen LogP) is 1.12. The summed E-state index contributed by atoms with van der Waals surface area (Å²) in [6.45, 7) is 0. The molecule has 0 aromatic rings. The van der Waals surface area contributed by atoms with E-state index >= 15 is 0 Å². The lowest BCUT2D eigenvalue weighted by Crippen LogP contribution is -2.10. The van der Waals surface area contributed by atoms with E-state index in [0.717, 1.165) is 0 Å². The fourth-order valence-electron chi connectivity index (χ4n) is 0.900. The Labute approximate surface area is 64.3 Å². The SMILES string of the molecule is COC1C=CC([N+](=O)[O-])=CC1. The van der Waals surface area contributed by atoms with Crippen LogP contribution < -0.4 is 0 Å². The summed E-state index contributed by atoms with van der Waals surface area (Å²) < 4.78 is 4.97. The van der Waals surface area contributed by atoms with Crippen LogP contribution in [0.15, 0.2) is 23.9 Å². The van der Waals surface area contributed by atoms with Crippen LogP contribution in [0.25, 0.3) is 0 Å². The molecule has 0 aromatic heterocycles. The molecule has 1 unspecified atom stereocenters. The molecule has 1 aliphatic rings. The molecule has 1 aliphatic carbocycles. The summed E-state index contributed by atoms with van der Waals surface area (Å²) in [6.07, 6.45) is 5.31. The maximum Gasteiger partial charge on any atom is 0.265 e. The molecule has 0 amide bonds. The van der Waals surface area contributed by atoms with Crippen molar-refractivity contribution in [1.29, 1.82) is 0 Å². The van der Waals surface area contributed by atoms with Crippen molar-refractivity contribution in [1.82, 2.24) is 0 Å². The van der Waals surface area contributed by atoms with Crippen LogP contribution in [0.2, 0.25) is 0 Å². The minimum Gasteiger partial charge on any atom is -0.377 e. The van der Waals surface area contributed by atoms with Crippen molar-refractivity contribution in [2.75, 3.05) is 7.11 Å². The highest BCUT2D eigenvalue weighted by atomic mass is 16.6. The van der Waals surface area contributed by atoms with E-state index in [1.165, 1.54) is 6.08 Å². The van der Waals surface area contributed by atoms with E-state index in [0.29, 0.717) is 6.42 Å². The molecule has 0 spiro atoms. The van der Waals surface area contributed by atoms with Crippen molar-refractivity contribution < 1.29 is 9.66 Å². The quantitative estimate of drug-likeness (QED) is 0.443. The van der Waals surface area contributed by atoms with Gasteiger partial charge in [0.05, 0.1) is 11.0 Å². The molecule has 1 rings (SSSR count). The second kappa shape index (κ2) is 3.30. The van der Waals surface area contributed by atoms with E-state index in [4.69, 9.17) is 4.74 Å². The lowest BCUT2D eigenvalue weighted by atomic mass is 10.1. The second-order valence-electron chi connectivity index (χ2n) is 2.26. The summed E-state index contributed by atoms with van der Waals surface area (Å²) in [7, 11) is 1.58. The van der Waals surface area contributed by atoms with Gasteiger partial charge in [-0.1, -0.05) is 0 Å². The normalized spacial score (nSPS) is 23.0. The Kier molecular flexibility index (Phi) is 2.38. The standard InChI is InChI=1S/C7H9NO3/c1-11-7-4-2-6(3-5-7)8(9)10/h2-4,7H,5H2,1H3. The average molecular weight is 155 g/mol. The molecule has 60 valence electrons. The Hall–Kier alpha value is -1.16. The third kappa shape index (κ3) is 1.88. The molecule has 4 heteroatoms. The molecular formula is C7H9NO3. The van der Waals surface area contributed by atoms with Gasteiger partial charge in [-0.2, -0.15) is 0 Å². The smallest absolute Gasteiger partial charge is 0.265 e. The van der Waals surface area contributed by atoms with Gasteiger partial charge in [0.1, 0.15) is 0 Å². The van der Waals surface area contributed by atoms with Gasteiger partial charge in [0.25, 0.3) is 5.70 Å². The Morgan fingerprint density at radius 1 is 1.82 bits per heavy atom. The maximum atomic E-state index is 10.2. The van der Waals surface area contributed by atoms with Crippen LogP contribution >= 0.6 is 0 Å². The van der Waals surface area contributed by atoms with Crippen molar-refractivity contribution >= 4 is 0 Å². The minimum atomic E-state index is -0.400. The highest BCUT2D eigenvalue weighted by Gasteiger charge is 2.13. The molecule has 0 aliphatic heterocycles. The van der Waals surface area contributed by atoms with E-state index in [1.54, 1.807) is 19.3 Å². The van der Waals surface area contributed by atoms with Crippen molar-refractivity contribution in [2.24, 2.45) is 0 Å². The Bertz CT molecular complexity index is 220. The number of ether oxygens (including phenoxy) is 1. The van der Waals surface area contributed by atoms with Crippen molar-refractivity contribution in [3.8, 4) is 0 Å². The number of methoxy groups -OCH3 is 1. The molecule has 0 bridgehead atoms. The van der Waals surface area contributed by atoms with Crippen molar-refractivity contribution in [2.45, 2.75) is 12.5 Å². The van der Waals surface area contributed by atoms with Gasteiger partial charge in [0, 0.05) is 19.6 Å². The highest BCUT2D eigenvalue weighted by Crippen LogP contribution is 2.12. The number of rotatable bonds is 2. The van der Waals surface area contributed by atoms with Crippen LogP contribution in [0.1, 0.15) is 6.42 Å². The zero-order chi connectivity index (χ0) is 8.27. The summed E-state index contributed by atoms with van der Waals surface area (Å²) in [5, 5.41) is 10.2. The zero-order valence-corrected chi connectivity index (χ0v) is 6.19. The van der Waals surface area contributed by atoms with Crippen LogP contribution in [-0.4, -0.2) is 18.1 Å². The fraction of sp³-hybridized carbons (Fsp3) is 0.429. The van der Waals surface area contributed by atoms with E-state index in [9.17, 15) is 10.1 Å². The number of hydrogen-bond acceptors (Lipinski definition) is 3. The Balaban J connectivity index is 2.60. The van der Waals surface area contributed by atoms with Gasteiger partial charge in [-0.15, -0.1) is 0 Å². The third-order valence-electron chi connectivity index (χ3n) is 1.55. The van der Waals surface area contributed by atoms with Gasteiger partial charge >= 0.3 is 0 Å². The maximum absolute atomic E-state index is 10.2. The largest absolute Gasteiger partial charge is 0.377 e. The van der Waals surface area contributed by atoms with Gasteiger partial charge in [-0.05, 0) is 12.2 Å². The van der Waals surface area contributed by atoms with Gasteiger partial charge < -0.3 is 4.74 Å². The fourth-order valence-corrected chi connectivity index (χ4v) is 0.900. The number of nitrogens with zero attached hydrogens (tertiary/aromatic N) is 1. The van der Waals surface area contributed by atoms with Gasteiger partial charge in [0.2, 0.25) is 0 Å². The van der Waals surface area contributed by atoms with Gasteiger partial charge in [-0.25, -0.2) is 0 Å². The van der Waals surface area contributed by atoms with Gasteiger partial charge in [0.15, 0.2) is 0 Å². The Morgan fingerprint density at radius 2 is 2.55 bits per heavy atom. The monoisotopic (exact) mass is 155 g/mol. The molecule has 4 nitrogen and oxygen atoms in total. The second-order valence-corrected chi connectivity index (χ2v) is 2.26. The molecule has 1 atom stereocenters. The number of hydrogen-bond donors (Lipinski definition) is 0. The first-order valence-corrected chi connectivity index (χ1v) is 3.29. The summed E-state index contributed by atoms with van der Waals surface area (Å²) in [6, 6.07) is 0. The zero-order valence-electron chi connectivity index (χ0n) is 6.19. The van der Waals surface area contributed by atoms with E-state index in [1.807, 2.05) is 0 Å². The van der Waals surface area contributed by atoms with Crippen molar-refractivity contribution in [3.63, 3.8) is 0 Å². The molecular weight excluding hydrogens is 146 g/mol. The molecule has 0 aromatic carbocycles. The first-order valence-electron chi connectivity index (χ1n) is 3.29. The number of allylic oxidation sites excluding steroid dienone is 1. The van der Waals surface area contributed by atoms with Crippen molar-refractivity contribution in [3.05, 3.63) is 34.0 Å². The van der Waals surface area contributed by atoms with Crippen LogP contribution in [-0.2, 0) is 4.74 Å². The predicted molar refractivity (Wildman–Crippen MR) is 39.6 cm³/mol. The van der Waals surface area contributed by atoms with Crippen LogP contribution in [0.4, 0.5) is 0 Å². The summed E-state index contributed by atoms with van der Waals surface area (Å²) in [5.74, 6) is 0. The molecule has 0 fully saturated rings. The first kappa shape index (κ1) is 7.94. The molecule has 0 radical (unpaired) electrons. The first-order chi connectivity index (χ1) is 5.24. The van der Waals surface area contributed by atoms with E-state index < -0.39 is 4.92 Å². The number of nitro groups is 1. The Morgan fingerprint density at radius 3 is 2.91 bits per heavy atom. The molecule has 0 saturated carbocycles. The minimum absolute atomic E-state index is 0.00120. The molecule has 0 N–H and O–H groups in total. The van der Waals surface area contributed by atoms with Crippen LogP contribution in [0.3, 0.4) is 0 Å². The summed E-state index contributed by atoms with van der Waals surface area (Å²) >= 11 is 0. The lowest BCUT2D eigenvalue weighted by Gasteiger charge is -2.09. The average Bonchev–Trinajstić information content (AvgIpc) is 2.05. The third-order valence-corrected chi connectivity index (χ3v) is 1.55. The molecule has 11 heavy (non-hydrogen) atoms. The summed E-state index contributed by atoms with van der Waals surface area (Å²) in [4.78, 5) is 9.79. The lowest BCUT2D eigenvalue weighted by molar-refractivity contribution is -0.419.